The van der Waals surface area contributed by atoms with E-state index in [2.05, 4.69) is 14.7 Å². The Morgan fingerprint density at radius 2 is 1.75 bits per heavy atom. The van der Waals surface area contributed by atoms with Gasteiger partial charge < -0.3 is 24.1 Å². The third-order valence-electron chi connectivity index (χ3n) is 5.15. The average Bonchev–Trinajstić information content (AvgIpc) is 3.14. The molecular formula is C22H20ClN3O10. The van der Waals surface area contributed by atoms with Crippen LogP contribution in [0.5, 0.6) is 5.75 Å². The number of aromatic amines is 1. The number of carbonyl (C=O) groups excluding carboxylic acids is 2. The summed E-state index contributed by atoms with van der Waals surface area (Å²) in [7, 11) is 1.41. The first-order valence-electron chi connectivity index (χ1n) is 10.3. The fourth-order valence-corrected chi connectivity index (χ4v) is 3.71. The predicted octanol–water partition coefficient (Wildman–Crippen LogP) is 3.24. The third-order valence-corrected chi connectivity index (χ3v) is 5.40. The highest BCUT2D eigenvalue weighted by molar-refractivity contribution is 6.30. The molecule has 2 aromatic carbocycles. The van der Waals surface area contributed by atoms with E-state index in [4.69, 9.17) is 21.1 Å². The number of H-pyrrole nitrogens is 1. The van der Waals surface area contributed by atoms with Crippen LogP contribution in [0.15, 0.2) is 36.4 Å². The molecule has 3 aromatic rings. The first-order chi connectivity index (χ1) is 17.1. The van der Waals surface area contributed by atoms with Gasteiger partial charge in [0.1, 0.15) is 19.0 Å². The zero-order chi connectivity index (χ0) is 26.4. The highest BCUT2D eigenvalue weighted by atomic mass is 35.5. The van der Waals surface area contributed by atoms with E-state index in [-0.39, 0.29) is 23.5 Å². The Balaban J connectivity index is 1.90. The van der Waals surface area contributed by atoms with E-state index < -0.39 is 35.5 Å². The Morgan fingerprint density at radius 1 is 1.06 bits per heavy atom. The van der Waals surface area contributed by atoms with Gasteiger partial charge in [0, 0.05) is 27.2 Å². The second kappa shape index (κ2) is 11.4. The number of aryl methyl sites for hydroxylation is 1. The van der Waals surface area contributed by atoms with Crippen molar-refractivity contribution in [3.05, 3.63) is 84.0 Å². The van der Waals surface area contributed by atoms with E-state index in [0.717, 1.165) is 0 Å². The summed E-state index contributed by atoms with van der Waals surface area (Å²) in [6, 6.07) is 9.61. The molecule has 0 radical (unpaired) electrons. The molecule has 190 valence electrons. The Hall–Kier alpha value is -4.39. The molecule has 0 amide bonds. The number of benzene rings is 2. The molecule has 1 N–H and O–H groups in total. The van der Waals surface area contributed by atoms with Gasteiger partial charge in [-0.15, -0.1) is 20.2 Å². The minimum absolute atomic E-state index is 0.221. The quantitative estimate of drug-likeness (QED) is 0.161. The van der Waals surface area contributed by atoms with Gasteiger partial charge in [0.25, 0.3) is 10.2 Å². The fraction of sp³-hybridized carbons (Fsp3) is 0.273. The van der Waals surface area contributed by atoms with Crippen LogP contribution in [0.3, 0.4) is 0 Å². The van der Waals surface area contributed by atoms with Crippen molar-refractivity contribution >= 4 is 34.3 Å². The Kier molecular flexibility index (Phi) is 8.27. The molecule has 0 unspecified atom stereocenters. The summed E-state index contributed by atoms with van der Waals surface area (Å²) in [5, 5.41) is 19.5. The summed E-state index contributed by atoms with van der Waals surface area (Å²) < 4.78 is 10.5. The maximum atomic E-state index is 13.4. The van der Waals surface area contributed by atoms with E-state index in [1.807, 2.05) is 0 Å². The molecule has 0 fully saturated rings. The lowest BCUT2D eigenvalue weighted by molar-refractivity contribution is -0.790. The summed E-state index contributed by atoms with van der Waals surface area (Å²) in [6.07, 6.45) is -1.83. The summed E-state index contributed by atoms with van der Waals surface area (Å²) in [5.74, 6) is -0.892. The molecule has 0 bridgehead atoms. The summed E-state index contributed by atoms with van der Waals surface area (Å²) in [6.45, 7) is 0.217. The average molecular weight is 522 g/mol. The summed E-state index contributed by atoms with van der Waals surface area (Å²) in [4.78, 5) is 58.5. The van der Waals surface area contributed by atoms with Gasteiger partial charge in [-0.1, -0.05) is 11.6 Å². The van der Waals surface area contributed by atoms with Gasteiger partial charge in [0.05, 0.1) is 19.1 Å². The monoisotopic (exact) mass is 521 g/mol. The summed E-state index contributed by atoms with van der Waals surface area (Å²) in [5.41, 5.74) is 2.17. The minimum atomic E-state index is -1.51. The van der Waals surface area contributed by atoms with Crippen LogP contribution in [0.2, 0.25) is 5.02 Å². The lowest BCUT2D eigenvalue weighted by Gasteiger charge is -2.14. The van der Waals surface area contributed by atoms with Crippen molar-refractivity contribution in [3.8, 4) is 5.75 Å². The number of carbonyl (C=O) groups is 2. The van der Waals surface area contributed by atoms with Crippen molar-refractivity contribution in [1.29, 1.82) is 0 Å². The van der Waals surface area contributed by atoms with E-state index in [1.165, 1.54) is 7.11 Å². The number of rotatable bonds is 12. The molecule has 36 heavy (non-hydrogen) atoms. The number of fused-ring (bicyclic) bond motifs is 1. The molecule has 0 saturated heterocycles. The van der Waals surface area contributed by atoms with Crippen LogP contribution in [0.25, 0.3) is 10.9 Å². The molecule has 0 aliphatic carbocycles. The normalized spacial score (nSPS) is 11.5. The van der Waals surface area contributed by atoms with Crippen LogP contribution < -0.4 is 4.74 Å². The van der Waals surface area contributed by atoms with Gasteiger partial charge in [-0.2, -0.15) is 0 Å². The molecule has 1 atom stereocenters. The molecule has 1 aromatic heterocycles. The topological polar surface area (TPSA) is 173 Å². The number of aromatic nitrogens is 1. The van der Waals surface area contributed by atoms with Crippen molar-refractivity contribution in [2.45, 2.75) is 19.4 Å². The van der Waals surface area contributed by atoms with Crippen molar-refractivity contribution < 1.29 is 38.9 Å². The van der Waals surface area contributed by atoms with Gasteiger partial charge in [-0.3, -0.25) is 9.59 Å². The van der Waals surface area contributed by atoms with Gasteiger partial charge in [0.2, 0.25) is 0 Å². The van der Waals surface area contributed by atoms with E-state index in [1.54, 1.807) is 43.3 Å². The van der Waals surface area contributed by atoms with Crippen molar-refractivity contribution in [2.75, 3.05) is 20.3 Å². The Morgan fingerprint density at radius 3 is 2.36 bits per heavy atom. The van der Waals surface area contributed by atoms with Crippen LogP contribution >= 0.6 is 11.6 Å². The largest absolute Gasteiger partial charge is 0.496 e. The zero-order valence-electron chi connectivity index (χ0n) is 19.0. The van der Waals surface area contributed by atoms with Crippen molar-refractivity contribution in [1.82, 2.24) is 4.98 Å². The van der Waals surface area contributed by atoms with Crippen LogP contribution in [-0.4, -0.2) is 53.3 Å². The third kappa shape index (κ3) is 6.18. The maximum absolute atomic E-state index is 13.4. The number of nitrogens with one attached hydrogen (secondary N) is 1. The smallest absolute Gasteiger partial charge is 0.310 e. The van der Waals surface area contributed by atoms with E-state index >= 15 is 0 Å². The lowest BCUT2D eigenvalue weighted by Crippen LogP contribution is -2.30. The number of hydrogen-bond donors (Lipinski definition) is 1. The number of methoxy groups -OCH3 is 1. The van der Waals surface area contributed by atoms with Gasteiger partial charge in [-0.25, -0.2) is 0 Å². The molecule has 0 aliphatic heterocycles. The van der Waals surface area contributed by atoms with Crippen LogP contribution in [-0.2, 0) is 25.6 Å². The minimum Gasteiger partial charge on any atom is -0.496 e. The molecule has 1 heterocycles. The van der Waals surface area contributed by atoms with Crippen LogP contribution in [0, 0.1) is 27.2 Å². The molecule has 13 nitrogen and oxygen atoms in total. The molecule has 14 heteroatoms. The summed E-state index contributed by atoms with van der Waals surface area (Å²) >= 11 is 5.94. The van der Waals surface area contributed by atoms with Crippen molar-refractivity contribution in [2.24, 2.45) is 0 Å². The Bertz CT molecular complexity index is 1310. The van der Waals surface area contributed by atoms with E-state index in [9.17, 15) is 29.8 Å². The van der Waals surface area contributed by atoms with E-state index in [0.29, 0.717) is 32.7 Å². The van der Waals surface area contributed by atoms with Gasteiger partial charge >= 0.3 is 5.97 Å². The second-order valence-corrected chi connectivity index (χ2v) is 7.90. The molecule has 0 saturated carbocycles. The lowest BCUT2D eigenvalue weighted by atomic mass is 9.95. The molecular weight excluding hydrogens is 502 g/mol. The number of halogens is 1. The van der Waals surface area contributed by atoms with Crippen LogP contribution in [0.4, 0.5) is 0 Å². The number of ketones is 1. The fourth-order valence-electron chi connectivity index (χ4n) is 3.58. The first kappa shape index (κ1) is 26.2. The highest BCUT2D eigenvalue weighted by Gasteiger charge is 2.25. The van der Waals surface area contributed by atoms with Gasteiger partial charge in [-0.05, 0) is 48.9 Å². The molecule has 0 spiro atoms. The number of ether oxygens (including phenoxy) is 2. The Labute approximate surface area is 208 Å². The number of nitrogens with zero attached hydrogens (tertiary/aromatic N) is 2. The maximum Gasteiger partial charge on any atom is 0.310 e. The number of hydrogen-bond acceptors (Lipinski definition) is 10. The number of esters is 1. The van der Waals surface area contributed by atoms with Gasteiger partial charge in [0.15, 0.2) is 11.9 Å². The highest BCUT2D eigenvalue weighted by Crippen LogP contribution is 2.34. The zero-order valence-corrected chi connectivity index (χ0v) is 19.8. The van der Waals surface area contributed by atoms with Crippen molar-refractivity contribution in [3.63, 3.8) is 0 Å². The first-order valence-corrected chi connectivity index (χ1v) is 10.7. The predicted molar refractivity (Wildman–Crippen MR) is 124 cm³/mol. The van der Waals surface area contributed by atoms with Crippen LogP contribution in [0.1, 0.15) is 27.2 Å². The standard InChI is InChI=1S/C22H20ClN3O10/c1-12-16(9-19(27)34-10-15(36-26(31)32)11-35-25(29)30)20-17(24-12)7-8-18(33-2)21(20)22(28)13-3-5-14(23)6-4-13/h3-8,15,24H,9-11H2,1-2H3/t15-/m1/s1. The molecule has 0 aliphatic rings. The molecule has 3 rings (SSSR count). The SMILES string of the molecule is COc1ccc2[nH]c(C)c(CC(=O)OC[C@H](CO[N+](=O)[O-])O[N+](=O)[O-])c2c1C(=O)c1ccc(Cl)cc1. The second-order valence-electron chi connectivity index (χ2n) is 7.46.